The number of hydrogen-bond acceptors (Lipinski definition) is 3. The van der Waals surface area contributed by atoms with Crippen LogP contribution < -0.4 is 4.90 Å². The van der Waals surface area contributed by atoms with Gasteiger partial charge in [-0.05, 0) is 47.2 Å². The summed E-state index contributed by atoms with van der Waals surface area (Å²) in [6, 6.07) is 15.3. The van der Waals surface area contributed by atoms with Gasteiger partial charge >= 0.3 is 0 Å². The van der Waals surface area contributed by atoms with E-state index in [1.165, 1.54) is 0 Å². The smallest absolute Gasteiger partial charge is 0.265 e. The van der Waals surface area contributed by atoms with Crippen molar-refractivity contribution in [1.29, 1.82) is 0 Å². The maximum absolute atomic E-state index is 12.7. The van der Waals surface area contributed by atoms with Crippen LogP contribution >= 0.6 is 34.4 Å². The molecule has 0 bridgehead atoms. The number of thioether (sulfide) groups is 1. The second-order valence-electron chi connectivity index (χ2n) is 5.21. The Morgan fingerprint density at radius 2 is 1.74 bits per heavy atom. The summed E-state index contributed by atoms with van der Waals surface area (Å²) in [7, 11) is 1.79. The molecule has 0 atom stereocenters. The topological polar surface area (TPSA) is 37.4 Å². The summed E-state index contributed by atoms with van der Waals surface area (Å²) in [5, 5.41) is 0. The summed E-state index contributed by atoms with van der Waals surface area (Å²) in [5.74, 6) is 0.0172. The van der Waals surface area contributed by atoms with E-state index in [4.69, 9.17) is 0 Å². The summed E-state index contributed by atoms with van der Waals surface area (Å²) < 4.78 is 0.682. The van der Waals surface area contributed by atoms with E-state index in [1.807, 2.05) is 36.4 Å². The van der Waals surface area contributed by atoms with Gasteiger partial charge in [-0.2, -0.15) is 0 Å². The number of ketones is 1. The molecule has 0 spiro atoms. The van der Waals surface area contributed by atoms with Gasteiger partial charge in [0.25, 0.3) is 5.91 Å². The standard InChI is InChI=1S/C18H14INO2S/c1-11(21)12-7-9-13(10-8-12)17-16(19)18(22)20(2)14-5-3-4-6-15(14)23-17/h3-10H,1-2H3. The van der Waals surface area contributed by atoms with Crippen molar-refractivity contribution in [3.05, 3.63) is 63.2 Å². The van der Waals surface area contributed by atoms with Gasteiger partial charge in [0.15, 0.2) is 5.78 Å². The maximum Gasteiger partial charge on any atom is 0.265 e. The molecule has 0 fully saturated rings. The monoisotopic (exact) mass is 435 g/mol. The molecule has 0 aromatic heterocycles. The van der Waals surface area contributed by atoms with Crippen LogP contribution in [0.2, 0.25) is 0 Å². The zero-order valence-corrected chi connectivity index (χ0v) is 15.6. The van der Waals surface area contributed by atoms with E-state index >= 15 is 0 Å². The van der Waals surface area contributed by atoms with Gasteiger partial charge in [0.2, 0.25) is 0 Å². The van der Waals surface area contributed by atoms with Gasteiger partial charge < -0.3 is 4.90 Å². The van der Waals surface area contributed by atoms with Crippen LogP contribution in [-0.2, 0) is 4.79 Å². The summed E-state index contributed by atoms with van der Waals surface area (Å²) in [5.41, 5.74) is 2.53. The van der Waals surface area contributed by atoms with Crippen LogP contribution in [0.1, 0.15) is 22.8 Å². The average Bonchev–Trinajstić information content (AvgIpc) is 2.66. The number of nitrogens with zero attached hydrogens (tertiary/aromatic N) is 1. The Hall–Kier alpha value is -1.60. The SMILES string of the molecule is CC(=O)c1ccc(C2=C(I)C(=O)N(C)c3ccccc3S2)cc1. The minimum Gasteiger partial charge on any atom is -0.310 e. The number of para-hydroxylation sites is 1. The van der Waals surface area contributed by atoms with Crippen molar-refractivity contribution in [1.82, 2.24) is 0 Å². The highest BCUT2D eigenvalue weighted by atomic mass is 127. The van der Waals surface area contributed by atoms with E-state index in [2.05, 4.69) is 22.6 Å². The van der Waals surface area contributed by atoms with E-state index < -0.39 is 0 Å². The molecule has 0 aliphatic carbocycles. The van der Waals surface area contributed by atoms with E-state index in [0.717, 1.165) is 21.1 Å². The second-order valence-corrected chi connectivity index (χ2v) is 7.34. The molecular weight excluding hydrogens is 421 g/mol. The molecule has 3 rings (SSSR count). The number of hydrogen-bond donors (Lipinski definition) is 0. The molecular formula is C18H14INO2S. The lowest BCUT2D eigenvalue weighted by Gasteiger charge is -2.16. The number of Topliss-reactive ketones (excluding diaryl/α,β-unsaturated/α-hetero) is 1. The van der Waals surface area contributed by atoms with Crippen molar-refractivity contribution >= 4 is 56.6 Å². The van der Waals surface area contributed by atoms with Gasteiger partial charge in [0.05, 0.1) is 9.27 Å². The highest BCUT2D eigenvalue weighted by Gasteiger charge is 2.26. The molecule has 23 heavy (non-hydrogen) atoms. The van der Waals surface area contributed by atoms with Crippen molar-refractivity contribution in [2.24, 2.45) is 0 Å². The van der Waals surface area contributed by atoms with Crippen molar-refractivity contribution in [3.8, 4) is 0 Å². The number of carbonyl (C=O) groups excluding carboxylic acids is 2. The van der Waals surface area contributed by atoms with Crippen molar-refractivity contribution in [2.75, 3.05) is 11.9 Å². The summed E-state index contributed by atoms with van der Waals surface area (Å²) >= 11 is 3.69. The second kappa shape index (κ2) is 6.49. The van der Waals surface area contributed by atoms with Gasteiger partial charge in [-0.1, -0.05) is 48.2 Å². The first-order valence-electron chi connectivity index (χ1n) is 7.05. The third-order valence-electron chi connectivity index (χ3n) is 3.68. The van der Waals surface area contributed by atoms with Crippen molar-refractivity contribution in [3.63, 3.8) is 0 Å². The number of halogens is 1. The molecule has 1 amide bonds. The van der Waals surface area contributed by atoms with Crippen LogP contribution in [0.3, 0.4) is 0 Å². The fraction of sp³-hybridized carbons (Fsp3) is 0.111. The lowest BCUT2D eigenvalue weighted by atomic mass is 10.1. The van der Waals surface area contributed by atoms with Crippen LogP contribution in [0.5, 0.6) is 0 Å². The molecule has 3 nitrogen and oxygen atoms in total. The predicted molar refractivity (Wildman–Crippen MR) is 103 cm³/mol. The van der Waals surface area contributed by atoms with Crippen LogP contribution in [0.4, 0.5) is 5.69 Å². The van der Waals surface area contributed by atoms with E-state index in [9.17, 15) is 9.59 Å². The molecule has 0 saturated heterocycles. The molecule has 116 valence electrons. The van der Waals surface area contributed by atoms with E-state index in [1.54, 1.807) is 42.8 Å². The molecule has 0 unspecified atom stereocenters. The fourth-order valence-corrected chi connectivity index (χ4v) is 4.48. The van der Waals surface area contributed by atoms with Gasteiger partial charge in [-0.15, -0.1) is 0 Å². The van der Waals surface area contributed by atoms with Gasteiger partial charge in [-0.3, -0.25) is 9.59 Å². The maximum atomic E-state index is 12.7. The minimum absolute atomic E-state index is 0.0197. The van der Waals surface area contributed by atoms with Crippen LogP contribution in [0, 0.1) is 0 Å². The number of benzene rings is 2. The Bertz CT molecular complexity index is 827. The fourth-order valence-electron chi connectivity index (χ4n) is 2.37. The van der Waals surface area contributed by atoms with Crippen molar-refractivity contribution in [2.45, 2.75) is 11.8 Å². The Morgan fingerprint density at radius 1 is 1.09 bits per heavy atom. The van der Waals surface area contributed by atoms with Crippen molar-refractivity contribution < 1.29 is 9.59 Å². The van der Waals surface area contributed by atoms with Gasteiger partial charge in [0, 0.05) is 22.4 Å². The van der Waals surface area contributed by atoms with Crippen LogP contribution in [0.25, 0.3) is 4.91 Å². The summed E-state index contributed by atoms with van der Waals surface area (Å²) in [4.78, 5) is 27.7. The number of rotatable bonds is 2. The molecule has 1 heterocycles. The molecule has 5 heteroatoms. The third kappa shape index (κ3) is 3.07. The predicted octanol–water partition coefficient (Wildman–Crippen LogP) is 4.76. The Morgan fingerprint density at radius 3 is 2.39 bits per heavy atom. The molecule has 1 aliphatic heterocycles. The molecule has 0 radical (unpaired) electrons. The first-order chi connectivity index (χ1) is 11.0. The molecule has 0 N–H and O–H groups in total. The van der Waals surface area contributed by atoms with Crippen LogP contribution in [-0.4, -0.2) is 18.7 Å². The largest absolute Gasteiger partial charge is 0.310 e. The first-order valence-corrected chi connectivity index (χ1v) is 8.94. The first kappa shape index (κ1) is 16.3. The summed E-state index contributed by atoms with van der Waals surface area (Å²) in [6.07, 6.45) is 0. The number of carbonyl (C=O) groups is 2. The normalized spacial score (nSPS) is 14.6. The van der Waals surface area contributed by atoms with Gasteiger partial charge in [0.1, 0.15) is 0 Å². The highest BCUT2D eigenvalue weighted by Crippen LogP contribution is 2.45. The van der Waals surface area contributed by atoms with E-state index in [-0.39, 0.29) is 11.7 Å². The number of amides is 1. The minimum atomic E-state index is -0.0197. The quantitative estimate of drug-likeness (QED) is 0.504. The Labute approximate surface area is 152 Å². The van der Waals surface area contributed by atoms with Gasteiger partial charge in [-0.25, -0.2) is 0 Å². The van der Waals surface area contributed by atoms with Crippen LogP contribution in [0.15, 0.2) is 57.0 Å². The third-order valence-corrected chi connectivity index (χ3v) is 6.26. The zero-order chi connectivity index (χ0) is 16.6. The van der Waals surface area contributed by atoms with E-state index in [0.29, 0.717) is 9.14 Å². The number of likely N-dealkylation sites (N-methyl/N-ethyl adjacent to an activating group) is 1. The zero-order valence-electron chi connectivity index (χ0n) is 12.7. The average molecular weight is 435 g/mol. The number of anilines is 1. The lowest BCUT2D eigenvalue weighted by Crippen LogP contribution is -2.25. The Kier molecular flexibility index (Phi) is 4.59. The molecule has 1 aliphatic rings. The number of fused-ring (bicyclic) bond motifs is 1. The molecule has 0 saturated carbocycles. The lowest BCUT2D eigenvalue weighted by molar-refractivity contribution is -0.114. The Balaban J connectivity index is 2.10. The molecule has 2 aromatic carbocycles. The highest BCUT2D eigenvalue weighted by molar-refractivity contribution is 14.1. The summed E-state index contributed by atoms with van der Waals surface area (Å²) in [6.45, 7) is 1.55. The molecule has 2 aromatic rings.